The van der Waals surface area contributed by atoms with E-state index in [-0.39, 0.29) is 35.7 Å². The molecule has 316 valence electrons. The summed E-state index contributed by atoms with van der Waals surface area (Å²) in [7, 11) is 2.58. The summed E-state index contributed by atoms with van der Waals surface area (Å²) in [5.74, 6) is 1.67. The second-order valence-corrected chi connectivity index (χ2v) is 16.5. The number of benzene rings is 2. The highest BCUT2D eigenvalue weighted by atomic mass is 16.5. The fraction of sp³-hybridized carbons (Fsp3) is 0.455. The number of hydrogen-bond donors (Lipinski definition) is 4. The van der Waals surface area contributed by atoms with Gasteiger partial charge in [0.05, 0.1) is 62.3 Å². The Bertz CT molecular complexity index is 2410. The van der Waals surface area contributed by atoms with Crippen molar-refractivity contribution in [3.8, 4) is 39.5 Å². The van der Waals surface area contributed by atoms with Gasteiger partial charge in [-0.2, -0.15) is 0 Å². The Morgan fingerprint density at radius 2 is 1.27 bits per heavy atom. The van der Waals surface area contributed by atoms with Crippen molar-refractivity contribution in [3.63, 3.8) is 0 Å². The van der Waals surface area contributed by atoms with Crippen molar-refractivity contribution in [1.82, 2.24) is 44.9 Å². The minimum atomic E-state index is -0.704. The molecule has 4 atom stereocenters. The normalized spacial score (nSPS) is 18.5. The summed E-state index contributed by atoms with van der Waals surface area (Å²) in [6, 6.07) is 12.9. The quantitative estimate of drug-likeness (QED) is 0.121. The number of alkyl carbamates (subject to hydrolysis) is 2. The highest BCUT2D eigenvalue weighted by Gasteiger charge is 2.39. The summed E-state index contributed by atoms with van der Waals surface area (Å²) in [5.41, 5.74) is 6.70. The summed E-state index contributed by atoms with van der Waals surface area (Å²) >= 11 is 0. The lowest BCUT2D eigenvalue weighted by Crippen LogP contribution is -2.51. The van der Waals surface area contributed by atoms with Gasteiger partial charge in [0.1, 0.15) is 36.1 Å². The van der Waals surface area contributed by atoms with E-state index in [2.05, 4.69) is 61.6 Å². The van der Waals surface area contributed by atoms with E-state index in [9.17, 15) is 19.2 Å². The molecule has 0 spiro atoms. The molecule has 3 aliphatic heterocycles. The number of H-pyrrole nitrogens is 2. The number of likely N-dealkylation sites (tertiary alicyclic amines) is 2. The van der Waals surface area contributed by atoms with E-state index in [0.29, 0.717) is 32.1 Å². The van der Waals surface area contributed by atoms with Gasteiger partial charge in [0, 0.05) is 40.7 Å². The third-order valence-corrected chi connectivity index (χ3v) is 12.0. The lowest BCUT2D eigenvalue weighted by Gasteiger charge is -2.30. The van der Waals surface area contributed by atoms with Gasteiger partial charge < -0.3 is 49.2 Å². The second kappa shape index (κ2) is 16.7. The zero-order chi connectivity index (χ0) is 42.2. The summed E-state index contributed by atoms with van der Waals surface area (Å²) in [6.07, 6.45) is 5.57. The van der Waals surface area contributed by atoms with E-state index in [1.54, 1.807) is 6.20 Å². The molecule has 0 saturated carbocycles. The molecule has 0 bridgehead atoms. The number of aromatic amines is 2. The van der Waals surface area contributed by atoms with Crippen LogP contribution in [0.3, 0.4) is 0 Å². The van der Waals surface area contributed by atoms with E-state index in [1.807, 2.05) is 49.8 Å². The van der Waals surface area contributed by atoms with Crippen LogP contribution >= 0.6 is 0 Å². The van der Waals surface area contributed by atoms with Crippen molar-refractivity contribution in [2.45, 2.75) is 84.1 Å². The molecule has 8 rings (SSSR count). The van der Waals surface area contributed by atoms with Gasteiger partial charge in [0.15, 0.2) is 0 Å². The number of fused-ring (bicyclic) bond motifs is 5. The van der Waals surface area contributed by atoms with Gasteiger partial charge in [-0.15, -0.1) is 0 Å². The molecule has 0 aliphatic carbocycles. The highest BCUT2D eigenvalue weighted by Crippen LogP contribution is 2.41. The summed E-state index contributed by atoms with van der Waals surface area (Å²) in [5, 5.41) is 6.50. The third kappa shape index (κ3) is 7.66. The van der Waals surface area contributed by atoms with Crippen molar-refractivity contribution in [2.24, 2.45) is 11.8 Å². The van der Waals surface area contributed by atoms with Gasteiger partial charge in [-0.25, -0.2) is 19.6 Å². The molecule has 5 aromatic rings. The SMILES string of the molecule is COC(=O)N[C@H](C(=O)N1CCC[C@H]1c1ncc(-c2ccc3c(c2)OCCn2c-3cc3cc(-c4cnc([C@@H]5CCCN5C(=O)[C@@H](NC(=O)OC)C(C)C)[nH]4)ccc32)[nH]1)C(C)C. The number of ether oxygens (including phenoxy) is 3. The molecule has 3 aromatic heterocycles. The van der Waals surface area contributed by atoms with Crippen LogP contribution in [0.5, 0.6) is 5.75 Å². The Hall–Kier alpha value is -6.32. The molecule has 4 N–H and O–H groups in total. The Morgan fingerprint density at radius 3 is 1.80 bits per heavy atom. The largest absolute Gasteiger partial charge is 0.491 e. The highest BCUT2D eigenvalue weighted by molar-refractivity contribution is 5.92. The predicted octanol–water partition coefficient (Wildman–Crippen LogP) is 6.57. The number of nitrogens with zero attached hydrogens (tertiary/aromatic N) is 5. The van der Waals surface area contributed by atoms with Crippen molar-refractivity contribution < 1.29 is 33.4 Å². The van der Waals surface area contributed by atoms with Crippen LogP contribution in [0.1, 0.15) is 77.1 Å². The van der Waals surface area contributed by atoms with Crippen molar-refractivity contribution in [1.29, 1.82) is 0 Å². The van der Waals surface area contributed by atoms with Crippen LogP contribution < -0.4 is 15.4 Å². The van der Waals surface area contributed by atoms with Crippen LogP contribution in [0.4, 0.5) is 9.59 Å². The fourth-order valence-corrected chi connectivity index (χ4v) is 8.86. The summed E-state index contributed by atoms with van der Waals surface area (Å²) in [6.45, 7) is 9.94. The molecule has 2 fully saturated rings. The lowest BCUT2D eigenvalue weighted by molar-refractivity contribution is -0.136. The van der Waals surface area contributed by atoms with Gasteiger partial charge in [0.25, 0.3) is 0 Å². The molecule has 4 amide bonds. The van der Waals surface area contributed by atoms with Crippen LogP contribution in [0.15, 0.2) is 54.9 Å². The number of carbonyl (C=O) groups is 4. The zero-order valence-electron chi connectivity index (χ0n) is 34.9. The molecule has 2 aromatic carbocycles. The molecule has 16 nitrogen and oxygen atoms in total. The summed E-state index contributed by atoms with van der Waals surface area (Å²) < 4.78 is 18.2. The number of amides is 4. The van der Waals surface area contributed by atoms with E-state index >= 15 is 0 Å². The molecule has 6 heterocycles. The number of hydrogen-bond acceptors (Lipinski definition) is 9. The number of aromatic nitrogens is 5. The zero-order valence-corrected chi connectivity index (χ0v) is 34.9. The number of rotatable bonds is 10. The van der Waals surface area contributed by atoms with E-state index in [1.165, 1.54) is 14.2 Å². The van der Waals surface area contributed by atoms with Gasteiger partial charge in [0.2, 0.25) is 11.8 Å². The van der Waals surface area contributed by atoms with E-state index in [0.717, 1.165) is 81.9 Å². The Balaban J connectivity index is 1.01. The maximum Gasteiger partial charge on any atom is 0.407 e. The molecule has 0 radical (unpaired) electrons. The molecular weight excluding hydrogens is 767 g/mol. The Kier molecular flexibility index (Phi) is 11.3. The average Bonchev–Trinajstić information content (AvgIpc) is 4.10. The van der Waals surface area contributed by atoms with Crippen LogP contribution in [-0.2, 0) is 25.6 Å². The monoisotopic (exact) mass is 819 g/mol. The Labute approximate surface area is 348 Å². The van der Waals surface area contributed by atoms with E-state index in [4.69, 9.17) is 24.2 Å². The predicted molar refractivity (Wildman–Crippen MR) is 224 cm³/mol. The average molecular weight is 820 g/mol. The van der Waals surface area contributed by atoms with Crippen LogP contribution in [0, 0.1) is 11.8 Å². The maximum absolute atomic E-state index is 13.7. The lowest BCUT2D eigenvalue weighted by atomic mass is 10.0. The molecule has 3 aliphatic rings. The fourth-order valence-electron chi connectivity index (χ4n) is 8.86. The molecule has 2 saturated heterocycles. The first-order chi connectivity index (χ1) is 28.9. The molecule has 16 heteroatoms. The molecular formula is C44H53N9O7. The van der Waals surface area contributed by atoms with Crippen molar-refractivity contribution in [2.75, 3.05) is 33.9 Å². The van der Waals surface area contributed by atoms with Crippen molar-refractivity contribution >= 4 is 34.9 Å². The van der Waals surface area contributed by atoms with Crippen LogP contribution in [0.2, 0.25) is 0 Å². The van der Waals surface area contributed by atoms with Gasteiger partial charge in [-0.3, -0.25) is 9.59 Å². The number of methoxy groups -OCH3 is 2. The van der Waals surface area contributed by atoms with Gasteiger partial charge in [-0.1, -0.05) is 39.8 Å². The Morgan fingerprint density at radius 1 is 0.733 bits per heavy atom. The smallest absolute Gasteiger partial charge is 0.407 e. The topological polar surface area (TPSA) is 189 Å². The molecule has 0 unspecified atom stereocenters. The first-order valence-electron chi connectivity index (χ1n) is 20.8. The summed E-state index contributed by atoms with van der Waals surface area (Å²) in [4.78, 5) is 71.5. The first kappa shape index (κ1) is 40.5. The second-order valence-electron chi connectivity index (χ2n) is 16.5. The van der Waals surface area contributed by atoms with Gasteiger partial charge in [-0.05, 0) is 67.9 Å². The number of carbonyl (C=O) groups excluding carboxylic acids is 4. The minimum absolute atomic E-state index is 0.115. The molecule has 60 heavy (non-hydrogen) atoms. The van der Waals surface area contributed by atoms with Gasteiger partial charge >= 0.3 is 12.2 Å². The number of imidazole rings is 2. The minimum Gasteiger partial charge on any atom is -0.491 e. The van der Waals surface area contributed by atoms with E-state index < -0.39 is 24.3 Å². The van der Waals surface area contributed by atoms with Crippen LogP contribution in [-0.4, -0.2) is 104 Å². The first-order valence-corrected chi connectivity index (χ1v) is 20.8. The third-order valence-electron chi connectivity index (χ3n) is 12.0. The van der Waals surface area contributed by atoms with Crippen LogP contribution in [0.25, 0.3) is 44.7 Å². The maximum atomic E-state index is 13.7. The standard InChI is InChI=1S/C44H53N9O7/c1-24(2)37(49-43(56)58-5)41(54)52-15-7-9-33(52)39-45-22-30(47-39)26-12-14-32-28(19-26)20-35-29-13-11-27(21-36(29)60-18-17-51(32)35)31-23-46-40(48-31)34-10-8-16-53(34)42(55)38(25(3)4)50-44(57)59-6/h11-14,19-25,33-34,37-38H,7-10,15-18H2,1-6H3,(H,45,47)(H,46,48)(H,49,56)(H,50,57)/t33-,34-,37-,38-/m0/s1. The van der Waals surface area contributed by atoms with Crippen molar-refractivity contribution in [3.05, 3.63) is 66.5 Å². The number of nitrogens with one attached hydrogen (secondary N) is 4.